The van der Waals surface area contributed by atoms with Gasteiger partial charge in [-0.05, 0) is 40.2 Å². The number of nitrogens with one attached hydrogen (secondary N) is 1. The first-order valence-corrected chi connectivity index (χ1v) is 6.01. The third-order valence-corrected chi connectivity index (χ3v) is 2.81. The molecule has 1 aromatic carbocycles. The molecule has 0 aliphatic carbocycles. The van der Waals surface area contributed by atoms with E-state index < -0.39 is 0 Å². The summed E-state index contributed by atoms with van der Waals surface area (Å²) in [6.07, 6.45) is 0.454. The van der Waals surface area contributed by atoms with Crippen molar-refractivity contribution in [2.24, 2.45) is 0 Å². The summed E-state index contributed by atoms with van der Waals surface area (Å²) in [6, 6.07) is 5.69. The molecular formula is C12H16BrNO2. The van der Waals surface area contributed by atoms with Gasteiger partial charge < -0.3 is 10.1 Å². The van der Waals surface area contributed by atoms with Crippen molar-refractivity contribution in [3.63, 3.8) is 0 Å². The van der Waals surface area contributed by atoms with Crippen molar-refractivity contribution in [2.45, 2.75) is 13.3 Å². The molecule has 1 rings (SSSR count). The summed E-state index contributed by atoms with van der Waals surface area (Å²) in [5.41, 5.74) is 0.996. The second kappa shape index (κ2) is 6.66. The van der Waals surface area contributed by atoms with Crippen LogP contribution in [0.3, 0.4) is 0 Å². The molecule has 0 radical (unpaired) electrons. The average Bonchev–Trinajstić information content (AvgIpc) is 2.26. The number of hydrogen-bond donors (Lipinski definition) is 1. The van der Waals surface area contributed by atoms with Gasteiger partial charge in [-0.25, -0.2) is 0 Å². The summed E-state index contributed by atoms with van der Waals surface area (Å²) in [4.78, 5) is 11.5. The molecule has 0 spiro atoms. The van der Waals surface area contributed by atoms with Crippen LogP contribution >= 0.6 is 15.9 Å². The van der Waals surface area contributed by atoms with Gasteiger partial charge in [0.25, 0.3) is 0 Å². The zero-order valence-corrected chi connectivity index (χ0v) is 11.1. The lowest BCUT2D eigenvalue weighted by atomic mass is 10.1. The van der Waals surface area contributed by atoms with Crippen molar-refractivity contribution >= 4 is 21.7 Å². The number of Topliss-reactive ketones (excluding diaryl/α,β-unsaturated/α-hetero) is 1. The molecule has 0 aromatic heterocycles. The van der Waals surface area contributed by atoms with Gasteiger partial charge in [0, 0.05) is 6.42 Å². The Bertz CT molecular complexity index is 366. The minimum Gasteiger partial charge on any atom is -0.496 e. The number of hydrogen-bond acceptors (Lipinski definition) is 3. The number of ether oxygens (including phenoxy) is 1. The Morgan fingerprint density at radius 1 is 1.50 bits per heavy atom. The zero-order valence-electron chi connectivity index (χ0n) is 9.55. The Hall–Kier alpha value is -0.870. The van der Waals surface area contributed by atoms with Crippen molar-refractivity contribution in [2.75, 3.05) is 20.2 Å². The van der Waals surface area contributed by atoms with Gasteiger partial charge in [0.1, 0.15) is 5.75 Å². The van der Waals surface area contributed by atoms with Gasteiger partial charge in [-0.15, -0.1) is 0 Å². The number of benzene rings is 1. The average molecular weight is 286 g/mol. The van der Waals surface area contributed by atoms with Gasteiger partial charge in [-0.3, -0.25) is 4.79 Å². The van der Waals surface area contributed by atoms with Crippen molar-refractivity contribution in [3.05, 3.63) is 28.2 Å². The molecule has 1 aromatic rings. The minimum absolute atomic E-state index is 0.193. The number of methoxy groups -OCH3 is 1. The second-order valence-corrected chi connectivity index (χ2v) is 4.32. The van der Waals surface area contributed by atoms with Gasteiger partial charge in [-0.2, -0.15) is 0 Å². The van der Waals surface area contributed by atoms with E-state index >= 15 is 0 Å². The molecule has 0 saturated heterocycles. The zero-order chi connectivity index (χ0) is 12.0. The van der Waals surface area contributed by atoms with Gasteiger partial charge in [0.15, 0.2) is 5.78 Å². The highest BCUT2D eigenvalue weighted by atomic mass is 79.9. The van der Waals surface area contributed by atoms with E-state index in [0.29, 0.717) is 13.0 Å². The summed E-state index contributed by atoms with van der Waals surface area (Å²) in [5.74, 6) is 0.974. The van der Waals surface area contributed by atoms with E-state index in [4.69, 9.17) is 4.74 Å². The van der Waals surface area contributed by atoms with E-state index in [9.17, 15) is 4.79 Å². The number of likely N-dealkylation sites (N-methyl/N-ethyl adjacent to an activating group) is 1. The molecule has 0 unspecified atom stereocenters. The van der Waals surface area contributed by atoms with Crippen LogP contribution in [-0.2, 0) is 11.2 Å². The maximum absolute atomic E-state index is 11.5. The quantitative estimate of drug-likeness (QED) is 0.871. The predicted molar refractivity (Wildman–Crippen MR) is 67.9 cm³/mol. The van der Waals surface area contributed by atoms with Crippen LogP contribution in [0.25, 0.3) is 0 Å². The normalized spacial score (nSPS) is 10.2. The molecule has 4 heteroatoms. The van der Waals surface area contributed by atoms with Crippen LogP contribution in [-0.4, -0.2) is 26.0 Å². The molecule has 0 saturated carbocycles. The van der Waals surface area contributed by atoms with E-state index in [1.165, 1.54) is 0 Å². The monoisotopic (exact) mass is 285 g/mol. The molecule has 0 aliphatic heterocycles. The lowest BCUT2D eigenvalue weighted by Gasteiger charge is -2.06. The fraction of sp³-hybridized carbons (Fsp3) is 0.417. The molecule has 0 aliphatic rings. The van der Waals surface area contributed by atoms with E-state index in [-0.39, 0.29) is 5.78 Å². The summed E-state index contributed by atoms with van der Waals surface area (Å²) < 4.78 is 6.00. The SMILES string of the molecule is CCNCC(=O)Cc1ccc(OC)c(Br)c1. The molecule has 0 amide bonds. The molecule has 3 nitrogen and oxygen atoms in total. The Morgan fingerprint density at radius 2 is 2.25 bits per heavy atom. The van der Waals surface area contributed by atoms with Crippen molar-refractivity contribution in [3.8, 4) is 5.75 Å². The first kappa shape index (κ1) is 13.2. The first-order chi connectivity index (χ1) is 7.67. The van der Waals surface area contributed by atoms with Crippen LogP contribution in [0.2, 0.25) is 0 Å². The number of carbonyl (C=O) groups is 1. The Kier molecular flexibility index (Phi) is 5.49. The molecule has 0 atom stereocenters. The molecule has 88 valence electrons. The van der Waals surface area contributed by atoms with Crippen LogP contribution in [0.4, 0.5) is 0 Å². The van der Waals surface area contributed by atoms with Crippen LogP contribution < -0.4 is 10.1 Å². The Balaban J connectivity index is 2.61. The third kappa shape index (κ3) is 3.94. The topological polar surface area (TPSA) is 38.3 Å². The number of carbonyl (C=O) groups excluding carboxylic acids is 1. The minimum atomic E-state index is 0.193. The third-order valence-electron chi connectivity index (χ3n) is 2.19. The van der Waals surface area contributed by atoms with Gasteiger partial charge >= 0.3 is 0 Å². The summed E-state index contributed by atoms with van der Waals surface area (Å²) in [6.45, 7) is 3.23. The van der Waals surface area contributed by atoms with Crippen molar-refractivity contribution in [1.29, 1.82) is 0 Å². The first-order valence-electron chi connectivity index (χ1n) is 5.22. The Labute approximate surface area is 104 Å². The second-order valence-electron chi connectivity index (χ2n) is 3.46. The predicted octanol–water partition coefficient (Wildman–Crippen LogP) is 2.18. The molecule has 0 heterocycles. The fourth-order valence-electron chi connectivity index (χ4n) is 1.37. The number of halogens is 1. The summed E-state index contributed by atoms with van der Waals surface area (Å²) in [5, 5.41) is 3.02. The molecule has 0 fully saturated rings. The fourth-order valence-corrected chi connectivity index (χ4v) is 1.96. The van der Waals surface area contributed by atoms with E-state index in [2.05, 4.69) is 21.2 Å². The lowest BCUT2D eigenvalue weighted by molar-refractivity contribution is -0.117. The Morgan fingerprint density at radius 3 is 2.81 bits per heavy atom. The smallest absolute Gasteiger partial charge is 0.150 e. The highest BCUT2D eigenvalue weighted by Gasteiger charge is 2.05. The van der Waals surface area contributed by atoms with E-state index in [0.717, 1.165) is 22.3 Å². The van der Waals surface area contributed by atoms with Crippen LogP contribution in [0.15, 0.2) is 22.7 Å². The summed E-state index contributed by atoms with van der Waals surface area (Å²) in [7, 11) is 1.62. The van der Waals surface area contributed by atoms with Gasteiger partial charge in [0.05, 0.1) is 18.1 Å². The van der Waals surface area contributed by atoms with Crippen LogP contribution in [0, 0.1) is 0 Å². The molecule has 1 N–H and O–H groups in total. The summed E-state index contributed by atoms with van der Waals surface area (Å²) >= 11 is 3.40. The highest BCUT2D eigenvalue weighted by Crippen LogP contribution is 2.25. The van der Waals surface area contributed by atoms with E-state index in [1.54, 1.807) is 7.11 Å². The van der Waals surface area contributed by atoms with Crippen LogP contribution in [0.1, 0.15) is 12.5 Å². The highest BCUT2D eigenvalue weighted by molar-refractivity contribution is 9.10. The lowest BCUT2D eigenvalue weighted by Crippen LogP contribution is -2.23. The maximum atomic E-state index is 11.5. The largest absolute Gasteiger partial charge is 0.496 e. The standard InChI is InChI=1S/C12H16BrNO2/c1-3-14-8-10(15)6-9-4-5-12(16-2)11(13)7-9/h4-5,7,14H,3,6,8H2,1-2H3. The maximum Gasteiger partial charge on any atom is 0.150 e. The van der Waals surface area contributed by atoms with E-state index in [1.807, 2.05) is 25.1 Å². The molecule has 16 heavy (non-hydrogen) atoms. The number of ketones is 1. The number of rotatable bonds is 6. The van der Waals surface area contributed by atoms with Crippen molar-refractivity contribution < 1.29 is 9.53 Å². The van der Waals surface area contributed by atoms with Gasteiger partial charge in [0.2, 0.25) is 0 Å². The van der Waals surface area contributed by atoms with Gasteiger partial charge in [-0.1, -0.05) is 13.0 Å². The van der Waals surface area contributed by atoms with Crippen LogP contribution in [0.5, 0.6) is 5.75 Å². The van der Waals surface area contributed by atoms with Crippen molar-refractivity contribution in [1.82, 2.24) is 5.32 Å². The molecule has 0 bridgehead atoms. The molecular weight excluding hydrogens is 270 g/mol.